The average Bonchev–Trinajstić information content (AvgIpc) is 3.45. The summed E-state index contributed by atoms with van der Waals surface area (Å²) in [7, 11) is -3.51. The monoisotopic (exact) mass is 404 g/mol. The minimum absolute atomic E-state index is 0.0747. The normalized spacial score (nSPS) is 16.0. The van der Waals surface area contributed by atoms with Crippen LogP contribution in [-0.4, -0.2) is 36.6 Å². The molecule has 1 saturated carbocycles. The second-order valence-electron chi connectivity index (χ2n) is 7.94. The Morgan fingerprint density at radius 1 is 1.21 bits per heavy atom. The molecule has 1 unspecified atom stereocenters. The number of nitrogens with one attached hydrogen (secondary N) is 3. The summed E-state index contributed by atoms with van der Waals surface area (Å²) in [6.07, 6.45) is 5.26. The molecule has 1 aliphatic carbocycles. The van der Waals surface area contributed by atoms with E-state index < -0.39 is 16.3 Å². The quantitative estimate of drug-likeness (QED) is 0.486. The molecule has 0 aliphatic heterocycles. The molecule has 0 amide bonds. The average molecular weight is 405 g/mol. The Morgan fingerprint density at radius 2 is 1.93 bits per heavy atom. The number of pyridine rings is 1. The number of aromatic nitrogens is 1. The van der Waals surface area contributed by atoms with Crippen LogP contribution in [0.25, 0.3) is 0 Å². The van der Waals surface area contributed by atoms with Crippen LogP contribution < -0.4 is 14.8 Å². The maximum absolute atomic E-state index is 12.0. The van der Waals surface area contributed by atoms with Crippen molar-refractivity contribution >= 4 is 15.9 Å². The Hall–Kier alpha value is -2.00. The topological polar surface area (TPSA) is 103 Å². The van der Waals surface area contributed by atoms with Gasteiger partial charge in [-0.3, -0.25) is 9.71 Å². The maximum atomic E-state index is 12.0. The van der Waals surface area contributed by atoms with Gasteiger partial charge in [-0.15, -0.1) is 0 Å². The molecule has 0 bridgehead atoms. The summed E-state index contributed by atoms with van der Waals surface area (Å²) in [4.78, 5) is 4.03. The van der Waals surface area contributed by atoms with Crippen molar-refractivity contribution in [3.05, 3.63) is 59.9 Å². The van der Waals surface area contributed by atoms with Gasteiger partial charge in [0.15, 0.2) is 0 Å². The van der Waals surface area contributed by atoms with Crippen molar-refractivity contribution < 1.29 is 13.5 Å². The number of hydrogen-bond acceptors (Lipinski definition) is 5. The molecule has 1 aromatic heterocycles. The van der Waals surface area contributed by atoms with Crippen LogP contribution in [0.4, 0.5) is 5.69 Å². The fraction of sp³-hybridized carbons (Fsp3) is 0.450. The minimum Gasteiger partial charge on any atom is -0.387 e. The molecule has 8 heteroatoms. The van der Waals surface area contributed by atoms with Gasteiger partial charge in [0.1, 0.15) is 0 Å². The van der Waals surface area contributed by atoms with E-state index in [0.717, 1.165) is 30.4 Å². The maximum Gasteiger partial charge on any atom is 0.299 e. The van der Waals surface area contributed by atoms with E-state index in [1.807, 2.05) is 18.2 Å². The van der Waals surface area contributed by atoms with Crippen molar-refractivity contribution in [1.29, 1.82) is 0 Å². The molecule has 1 fully saturated rings. The molecule has 4 N–H and O–H groups in total. The molecule has 1 atom stereocenters. The Morgan fingerprint density at radius 3 is 2.54 bits per heavy atom. The highest BCUT2D eigenvalue weighted by Crippen LogP contribution is 2.21. The number of rotatable bonds is 10. The Bertz CT molecular complexity index is 866. The highest BCUT2D eigenvalue weighted by Gasteiger charge is 2.26. The van der Waals surface area contributed by atoms with E-state index in [9.17, 15) is 13.5 Å². The van der Waals surface area contributed by atoms with E-state index in [-0.39, 0.29) is 11.6 Å². The molecule has 152 valence electrons. The predicted molar refractivity (Wildman–Crippen MR) is 110 cm³/mol. The lowest BCUT2D eigenvalue weighted by molar-refractivity contribution is 0.160. The van der Waals surface area contributed by atoms with Crippen molar-refractivity contribution in [2.45, 2.75) is 50.8 Å². The number of aliphatic hydroxyl groups is 1. The second-order valence-corrected chi connectivity index (χ2v) is 9.38. The summed E-state index contributed by atoms with van der Waals surface area (Å²) in [6.45, 7) is 4.56. The highest BCUT2D eigenvalue weighted by atomic mass is 32.2. The molecule has 7 nitrogen and oxygen atoms in total. The van der Waals surface area contributed by atoms with Gasteiger partial charge < -0.3 is 10.4 Å². The van der Waals surface area contributed by atoms with Crippen LogP contribution in [0.5, 0.6) is 0 Å². The highest BCUT2D eigenvalue weighted by molar-refractivity contribution is 7.90. The zero-order chi connectivity index (χ0) is 20.2. The van der Waals surface area contributed by atoms with Crippen molar-refractivity contribution in [1.82, 2.24) is 15.0 Å². The third kappa shape index (κ3) is 6.56. The fourth-order valence-corrected chi connectivity index (χ4v) is 4.11. The van der Waals surface area contributed by atoms with Gasteiger partial charge in [0.2, 0.25) is 0 Å². The van der Waals surface area contributed by atoms with Crippen molar-refractivity contribution in [3.8, 4) is 0 Å². The van der Waals surface area contributed by atoms with Gasteiger partial charge in [0, 0.05) is 41.8 Å². The van der Waals surface area contributed by atoms with Crippen molar-refractivity contribution in [3.63, 3.8) is 0 Å². The predicted octanol–water partition coefficient (Wildman–Crippen LogP) is 2.13. The first-order chi connectivity index (χ1) is 13.2. The number of nitrogens with zero attached hydrogens (tertiary/aromatic N) is 1. The van der Waals surface area contributed by atoms with E-state index in [4.69, 9.17) is 0 Å². The van der Waals surface area contributed by atoms with E-state index in [2.05, 4.69) is 33.6 Å². The molecule has 0 spiro atoms. The van der Waals surface area contributed by atoms with E-state index in [0.29, 0.717) is 12.2 Å². The number of aliphatic hydroxyl groups excluding tert-OH is 1. The van der Waals surface area contributed by atoms with Crippen molar-refractivity contribution in [2.24, 2.45) is 0 Å². The van der Waals surface area contributed by atoms with Crippen molar-refractivity contribution in [2.75, 3.05) is 11.3 Å². The Balaban J connectivity index is 1.52. The molecule has 3 rings (SSSR count). The van der Waals surface area contributed by atoms with Gasteiger partial charge in [-0.25, -0.2) is 0 Å². The standard InChI is InChI=1S/C20H28N4O3S/c1-20(2,22-14-19(25)16-4-3-11-21-13-16)12-15-5-7-17(8-6-15)23-28(26,27)24-18-9-10-18/h3-8,11,13,18-19,22-25H,9-10,12,14H2,1-2H3. The summed E-state index contributed by atoms with van der Waals surface area (Å²) >= 11 is 0. The van der Waals surface area contributed by atoms with Crippen LogP contribution in [0.15, 0.2) is 48.8 Å². The first-order valence-electron chi connectivity index (χ1n) is 9.44. The molecule has 0 radical (unpaired) electrons. The largest absolute Gasteiger partial charge is 0.387 e. The second kappa shape index (κ2) is 8.57. The van der Waals surface area contributed by atoms with Crippen LogP contribution in [0, 0.1) is 0 Å². The molecular weight excluding hydrogens is 376 g/mol. The van der Waals surface area contributed by atoms with Gasteiger partial charge in [-0.2, -0.15) is 13.1 Å². The van der Waals surface area contributed by atoms with Crippen LogP contribution in [0.3, 0.4) is 0 Å². The lowest BCUT2D eigenvalue weighted by atomic mass is 9.94. The van der Waals surface area contributed by atoms with E-state index >= 15 is 0 Å². The number of β-amino-alcohol motifs (C(OH)–C–C–N with tert-alkyl or cyclic N) is 1. The van der Waals surface area contributed by atoms with Crippen LogP contribution in [0.2, 0.25) is 0 Å². The smallest absolute Gasteiger partial charge is 0.299 e. The van der Waals surface area contributed by atoms with Crippen LogP contribution in [0.1, 0.15) is 43.9 Å². The lowest BCUT2D eigenvalue weighted by Crippen LogP contribution is -2.43. The lowest BCUT2D eigenvalue weighted by Gasteiger charge is -2.28. The Kier molecular flexibility index (Phi) is 6.34. The molecular formula is C20H28N4O3S. The van der Waals surface area contributed by atoms with E-state index in [1.165, 1.54) is 0 Å². The van der Waals surface area contributed by atoms with Crippen LogP contribution >= 0.6 is 0 Å². The van der Waals surface area contributed by atoms with Gasteiger partial charge in [0.05, 0.1) is 6.10 Å². The third-order valence-corrected chi connectivity index (χ3v) is 5.74. The zero-order valence-corrected chi connectivity index (χ0v) is 17.0. The number of hydrogen-bond donors (Lipinski definition) is 4. The summed E-state index contributed by atoms with van der Waals surface area (Å²) in [5, 5.41) is 13.7. The van der Waals surface area contributed by atoms with Crippen LogP contribution in [-0.2, 0) is 16.6 Å². The fourth-order valence-electron chi connectivity index (χ4n) is 2.93. The molecule has 2 aromatic rings. The van der Waals surface area contributed by atoms with Gasteiger partial charge in [0.25, 0.3) is 10.2 Å². The minimum atomic E-state index is -3.51. The van der Waals surface area contributed by atoms with Gasteiger partial charge >= 0.3 is 0 Å². The molecule has 1 aliphatic rings. The first kappa shape index (κ1) is 20.7. The van der Waals surface area contributed by atoms with E-state index in [1.54, 1.807) is 30.6 Å². The van der Waals surface area contributed by atoms with Gasteiger partial charge in [-0.1, -0.05) is 18.2 Å². The number of benzene rings is 1. The first-order valence-corrected chi connectivity index (χ1v) is 10.9. The molecule has 1 heterocycles. The summed E-state index contributed by atoms with van der Waals surface area (Å²) < 4.78 is 29.1. The summed E-state index contributed by atoms with van der Waals surface area (Å²) in [6, 6.07) is 11.1. The van der Waals surface area contributed by atoms with Gasteiger partial charge in [-0.05, 0) is 56.9 Å². The zero-order valence-electron chi connectivity index (χ0n) is 16.2. The molecule has 0 saturated heterocycles. The molecule has 1 aromatic carbocycles. The summed E-state index contributed by atoms with van der Waals surface area (Å²) in [5.41, 5.74) is 2.15. The Labute approximate surface area is 166 Å². The SMILES string of the molecule is CC(C)(Cc1ccc(NS(=O)(=O)NC2CC2)cc1)NCC(O)c1cccnc1. The molecule has 28 heavy (non-hydrogen) atoms. The third-order valence-electron chi connectivity index (χ3n) is 4.59. The summed E-state index contributed by atoms with van der Waals surface area (Å²) in [5.74, 6) is 0. The number of anilines is 1.